The second kappa shape index (κ2) is 14.5. The van der Waals surface area contributed by atoms with Gasteiger partial charge in [0.1, 0.15) is 0 Å². The Bertz CT molecular complexity index is 3610. The monoisotopic (exact) mass is 792 g/mol. The van der Waals surface area contributed by atoms with Crippen LogP contribution in [0.15, 0.2) is 218 Å². The van der Waals surface area contributed by atoms with Crippen LogP contribution in [0.2, 0.25) is 0 Å². The Morgan fingerprint density at radius 2 is 0.738 bits per heavy atom. The van der Waals surface area contributed by atoms with Gasteiger partial charge in [0.05, 0.1) is 11.4 Å². The molecule has 2 heterocycles. The van der Waals surface area contributed by atoms with Crippen molar-refractivity contribution in [1.29, 1.82) is 0 Å². The van der Waals surface area contributed by atoms with Gasteiger partial charge in [0.15, 0.2) is 5.82 Å². The zero-order valence-electron chi connectivity index (χ0n) is 33.1. The molecule has 61 heavy (non-hydrogen) atoms. The maximum absolute atomic E-state index is 5.29. The van der Waals surface area contributed by atoms with Gasteiger partial charge in [0.25, 0.3) is 0 Å². The van der Waals surface area contributed by atoms with Crippen molar-refractivity contribution in [2.45, 2.75) is 0 Å². The molecule has 0 aliphatic rings. The third kappa shape index (κ3) is 6.18. The molecule has 12 aromatic rings. The van der Waals surface area contributed by atoms with Gasteiger partial charge in [-0.05, 0) is 96.0 Å². The zero-order chi connectivity index (χ0) is 40.3. The van der Waals surface area contributed by atoms with Crippen LogP contribution in [0.4, 0.5) is 0 Å². The van der Waals surface area contributed by atoms with Crippen molar-refractivity contribution < 1.29 is 0 Å². The van der Waals surface area contributed by atoms with Gasteiger partial charge in [-0.1, -0.05) is 188 Å². The lowest BCUT2D eigenvalue weighted by molar-refractivity contribution is 1.18. The molecule has 0 spiro atoms. The molecule has 0 aliphatic carbocycles. The lowest BCUT2D eigenvalue weighted by Crippen LogP contribution is -1.96. The van der Waals surface area contributed by atoms with Crippen molar-refractivity contribution in [3.05, 3.63) is 218 Å². The Hall–Kier alpha value is -7.72. The van der Waals surface area contributed by atoms with Gasteiger partial charge in [-0.2, -0.15) is 0 Å². The van der Waals surface area contributed by atoms with Crippen molar-refractivity contribution in [2.24, 2.45) is 0 Å². The molecule has 2 nitrogen and oxygen atoms in total. The summed E-state index contributed by atoms with van der Waals surface area (Å²) in [6.45, 7) is 0. The van der Waals surface area contributed by atoms with Gasteiger partial charge in [0.2, 0.25) is 0 Å². The normalized spacial score (nSPS) is 11.6. The summed E-state index contributed by atoms with van der Waals surface area (Å²) in [5, 5.41) is 10.1. The smallest absolute Gasteiger partial charge is 0.160 e. The third-order valence-electron chi connectivity index (χ3n) is 12.1. The van der Waals surface area contributed by atoms with Crippen LogP contribution in [-0.2, 0) is 0 Å². The molecule has 0 atom stereocenters. The fourth-order valence-electron chi connectivity index (χ4n) is 9.08. The van der Waals surface area contributed by atoms with Crippen LogP contribution < -0.4 is 0 Å². The van der Waals surface area contributed by atoms with Gasteiger partial charge in [-0.25, -0.2) is 9.97 Å². The molecular weight excluding hydrogens is 757 g/mol. The first-order valence-corrected chi connectivity index (χ1v) is 21.5. The average molecular weight is 793 g/mol. The van der Waals surface area contributed by atoms with Crippen LogP contribution in [0.1, 0.15) is 0 Å². The number of hydrogen-bond donors (Lipinski definition) is 0. The molecule has 0 radical (unpaired) electrons. The molecule has 0 N–H and O–H groups in total. The predicted molar refractivity (Wildman–Crippen MR) is 260 cm³/mol. The van der Waals surface area contributed by atoms with E-state index in [1.54, 1.807) is 0 Å². The summed E-state index contributed by atoms with van der Waals surface area (Å²) in [6, 6.07) is 78.6. The van der Waals surface area contributed by atoms with E-state index in [9.17, 15) is 0 Å². The molecule has 284 valence electrons. The average Bonchev–Trinajstić information content (AvgIpc) is 3.73. The molecule has 0 bridgehead atoms. The molecule has 0 unspecified atom stereocenters. The highest BCUT2D eigenvalue weighted by Crippen LogP contribution is 2.41. The van der Waals surface area contributed by atoms with Gasteiger partial charge in [-0.15, -0.1) is 11.3 Å². The van der Waals surface area contributed by atoms with E-state index in [1.165, 1.54) is 74.7 Å². The standard InChI is InChI=1S/C58H36N2S/c1-2-13-39(14-3-1)54-36-55(60-58(59-54)44-31-32-50-48-21-5-4-19-46(48)47-20-6-7-22-49(47)53(50)35-44)43-18-11-16-41(34-43)38-29-27-37(28-30-38)40-15-10-17-42(33-40)45-24-12-25-52-51-23-8-9-26-56(51)61-57(45)52/h1-36H. The second-order valence-electron chi connectivity index (χ2n) is 15.7. The predicted octanol–water partition coefficient (Wildman–Crippen LogP) is 16.3. The molecule has 3 heteroatoms. The number of benzene rings is 10. The Kier molecular flexibility index (Phi) is 8.39. The number of rotatable bonds is 6. The minimum absolute atomic E-state index is 0.705. The fourth-order valence-corrected chi connectivity index (χ4v) is 10.3. The van der Waals surface area contributed by atoms with Crippen molar-refractivity contribution in [2.75, 3.05) is 0 Å². The molecule has 0 aliphatic heterocycles. The molecule has 2 aromatic heterocycles. The maximum Gasteiger partial charge on any atom is 0.160 e. The van der Waals surface area contributed by atoms with E-state index in [2.05, 4.69) is 212 Å². The third-order valence-corrected chi connectivity index (χ3v) is 13.3. The minimum atomic E-state index is 0.705. The summed E-state index contributed by atoms with van der Waals surface area (Å²) in [6.07, 6.45) is 0. The topological polar surface area (TPSA) is 25.8 Å². The van der Waals surface area contributed by atoms with Crippen molar-refractivity contribution in [3.8, 4) is 67.3 Å². The quantitative estimate of drug-likeness (QED) is 0.157. The summed E-state index contributed by atoms with van der Waals surface area (Å²) >= 11 is 1.88. The molecule has 0 saturated carbocycles. The summed E-state index contributed by atoms with van der Waals surface area (Å²) in [7, 11) is 0. The lowest BCUT2D eigenvalue weighted by Gasteiger charge is -2.13. The van der Waals surface area contributed by atoms with E-state index in [4.69, 9.17) is 9.97 Å². The van der Waals surface area contributed by atoms with E-state index in [0.29, 0.717) is 5.82 Å². The molecule has 0 amide bonds. The Labute approximate surface area is 357 Å². The van der Waals surface area contributed by atoms with Crippen LogP contribution in [0.25, 0.3) is 120 Å². The van der Waals surface area contributed by atoms with E-state index >= 15 is 0 Å². The Morgan fingerprint density at radius 1 is 0.262 bits per heavy atom. The van der Waals surface area contributed by atoms with E-state index in [1.807, 2.05) is 17.4 Å². The highest BCUT2D eigenvalue weighted by atomic mass is 32.1. The summed E-state index contributed by atoms with van der Waals surface area (Å²) in [5.74, 6) is 0.705. The summed E-state index contributed by atoms with van der Waals surface area (Å²) < 4.78 is 2.66. The Balaban J connectivity index is 0.911. The number of nitrogens with zero attached hydrogens (tertiary/aromatic N) is 2. The molecular formula is C58H36N2S. The van der Waals surface area contributed by atoms with Crippen LogP contribution in [0.3, 0.4) is 0 Å². The molecule has 10 aromatic carbocycles. The number of thiophene rings is 1. The van der Waals surface area contributed by atoms with Crippen molar-refractivity contribution in [1.82, 2.24) is 9.97 Å². The van der Waals surface area contributed by atoms with Gasteiger partial charge < -0.3 is 0 Å². The fraction of sp³-hybridized carbons (Fsp3) is 0. The van der Waals surface area contributed by atoms with Crippen molar-refractivity contribution >= 4 is 63.8 Å². The van der Waals surface area contributed by atoms with Gasteiger partial charge in [0, 0.05) is 36.9 Å². The first kappa shape index (κ1) is 35.2. The molecule has 0 fully saturated rings. The van der Waals surface area contributed by atoms with Crippen LogP contribution in [0, 0.1) is 0 Å². The zero-order valence-corrected chi connectivity index (χ0v) is 33.9. The van der Waals surface area contributed by atoms with E-state index in [-0.39, 0.29) is 0 Å². The maximum atomic E-state index is 5.29. The number of fused-ring (bicyclic) bond motifs is 9. The minimum Gasteiger partial charge on any atom is -0.228 e. The summed E-state index contributed by atoms with van der Waals surface area (Å²) in [5.41, 5.74) is 12.1. The number of aromatic nitrogens is 2. The highest BCUT2D eigenvalue weighted by Gasteiger charge is 2.15. The Morgan fingerprint density at radius 3 is 1.43 bits per heavy atom. The van der Waals surface area contributed by atoms with Crippen LogP contribution in [-0.4, -0.2) is 9.97 Å². The first-order valence-electron chi connectivity index (χ1n) is 20.7. The highest BCUT2D eigenvalue weighted by molar-refractivity contribution is 7.26. The lowest BCUT2D eigenvalue weighted by atomic mass is 9.93. The SMILES string of the molecule is c1ccc(-c2cc(-c3cccc(-c4ccc(-c5cccc(-c6cccc7c6sc6ccccc67)c5)cc4)c3)nc(-c3ccc4c5ccccc5c5ccccc5c4c3)n2)cc1. The van der Waals surface area contributed by atoms with Crippen molar-refractivity contribution in [3.63, 3.8) is 0 Å². The van der Waals surface area contributed by atoms with Crippen LogP contribution >= 0.6 is 11.3 Å². The largest absolute Gasteiger partial charge is 0.228 e. The number of hydrogen-bond acceptors (Lipinski definition) is 3. The second-order valence-corrected chi connectivity index (χ2v) is 16.8. The van der Waals surface area contributed by atoms with Crippen LogP contribution in [0.5, 0.6) is 0 Å². The molecule has 0 saturated heterocycles. The molecule has 12 rings (SSSR count). The van der Waals surface area contributed by atoms with E-state index in [0.717, 1.165) is 39.2 Å². The van der Waals surface area contributed by atoms with Gasteiger partial charge >= 0.3 is 0 Å². The van der Waals surface area contributed by atoms with Gasteiger partial charge in [-0.3, -0.25) is 0 Å². The first-order chi connectivity index (χ1) is 30.2. The summed E-state index contributed by atoms with van der Waals surface area (Å²) in [4.78, 5) is 10.5. The van der Waals surface area contributed by atoms with E-state index < -0.39 is 0 Å².